The number of alkyl halides is 3. The zero-order chi connectivity index (χ0) is 17.2. The molecule has 0 radical (unpaired) electrons. The molecule has 0 spiro atoms. The molecular formula is C16H21ClF3N3O2. The Hall–Kier alpha value is -1.51. The van der Waals surface area contributed by atoms with Crippen molar-refractivity contribution in [1.82, 2.24) is 15.1 Å². The normalized spacial score (nSPS) is 21.7. The zero-order valence-corrected chi connectivity index (χ0v) is 14.4. The van der Waals surface area contributed by atoms with Gasteiger partial charge in [0.25, 0.3) is 5.91 Å². The molecule has 1 unspecified atom stereocenters. The first-order valence-electron chi connectivity index (χ1n) is 8.02. The van der Waals surface area contributed by atoms with Crippen LogP contribution >= 0.6 is 12.4 Å². The van der Waals surface area contributed by atoms with Crippen molar-refractivity contribution >= 4 is 18.3 Å². The maximum absolute atomic E-state index is 12.5. The van der Waals surface area contributed by atoms with Crippen LogP contribution in [0.25, 0.3) is 0 Å². The molecule has 2 saturated heterocycles. The van der Waals surface area contributed by atoms with Gasteiger partial charge in [0.05, 0.1) is 0 Å². The Morgan fingerprint density at radius 2 is 1.76 bits per heavy atom. The summed E-state index contributed by atoms with van der Waals surface area (Å²) in [5.74, 6) is -0.467. The average molecular weight is 380 g/mol. The van der Waals surface area contributed by atoms with E-state index in [1.54, 1.807) is 4.90 Å². The lowest BCUT2D eigenvalue weighted by atomic mass is 10.2. The van der Waals surface area contributed by atoms with Gasteiger partial charge < -0.3 is 15.0 Å². The lowest BCUT2D eigenvalue weighted by molar-refractivity contribution is -0.274. The first-order valence-corrected chi connectivity index (χ1v) is 8.02. The molecule has 2 fully saturated rings. The number of likely N-dealkylation sites (tertiary alicyclic amines) is 1. The summed E-state index contributed by atoms with van der Waals surface area (Å²) in [7, 11) is 0. The molecule has 0 bridgehead atoms. The van der Waals surface area contributed by atoms with Crippen LogP contribution in [-0.2, 0) is 0 Å². The minimum atomic E-state index is -4.73. The summed E-state index contributed by atoms with van der Waals surface area (Å²) < 4.78 is 40.3. The summed E-state index contributed by atoms with van der Waals surface area (Å²) in [6.45, 7) is 5.23. The quantitative estimate of drug-likeness (QED) is 0.874. The van der Waals surface area contributed by atoms with Crippen molar-refractivity contribution in [3.63, 3.8) is 0 Å². The lowest BCUT2D eigenvalue weighted by Crippen LogP contribution is -2.49. The van der Waals surface area contributed by atoms with Crippen molar-refractivity contribution in [2.24, 2.45) is 0 Å². The zero-order valence-electron chi connectivity index (χ0n) is 13.6. The van der Waals surface area contributed by atoms with Crippen molar-refractivity contribution in [3.05, 3.63) is 29.8 Å². The van der Waals surface area contributed by atoms with E-state index in [-0.39, 0.29) is 24.1 Å². The molecule has 1 aromatic carbocycles. The van der Waals surface area contributed by atoms with Gasteiger partial charge in [0, 0.05) is 50.9 Å². The van der Waals surface area contributed by atoms with Gasteiger partial charge in [-0.25, -0.2) is 0 Å². The van der Waals surface area contributed by atoms with E-state index in [2.05, 4.69) is 15.0 Å². The minimum Gasteiger partial charge on any atom is -0.406 e. The fourth-order valence-corrected chi connectivity index (χ4v) is 3.25. The SMILES string of the molecule is Cl.O=C(c1ccc(OC(F)(F)F)cc1)N1CCC(N2CCNCC2)C1. The van der Waals surface area contributed by atoms with Crippen LogP contribution in [0.5, 0.6) is 5.75 Å². The van der Waals surface area contributed by atoms with Crippen LogP contribution in [0.2, 0.25) is 0 Å². The Labute approximate surface area is 150 Å². The first kappa shape index (κ1) is 19.8. The predicted molar refractivity (Wildman–Crippen MR) is 89.1 cm³/mol. The number of hydrogen-bond acceptors (Lipinski definition) is 4. The van der Waals surface area contributed by atoms with Crippen LogP contribution in [0.4, 0.5) is 13.2 Å². The standard InChI is InChI=1S/C16H20F3N3O2.ClH/c17-16(18,19)24-14-3-1-12(2-4-14)15(23)22-8-5-13(11-22)21-9-6-20-7-10-21;/h1-4,13,20H,5-11H2;1H. The van der Waals surface area contributed by atoms with Crippen LogP contribution in [0, 0.1) is 0 Å². The van der Waals surface area contributed by atoms with E-state index >= 15 is 0 Å². The Balaban J connectivity index is 0.00000225. The van der Waals surface area contributed by atoms with Gasteiger partial charge in [0.2, 0.25) is 0 Å². The molecule has 25 heavy (non-hydrogen) atoms. The van der Waals surface area contributed by atoms with E-state index in [1.165, 1.54) is 24.3 Å². The van der Waals surface area contributed by atoms with E-state index in [0.717, 1.165) is 32.6 Å². The van der Waals surface area contributed by atoms with E-state index in [0.29, 0.717) is 24.7 Å². The molecule has 3 rings (SSSR count). The van der Waals surface area contributed by atoms with Gasteiger partial charge in [-0.1, -0.05) is 0 Å². The summed E-state index contributed by atoms with van der Waals surface area (Å²) in [5.41, 5.74) is 0.380. The van der Waals surface area contributed by atoms with Crippen molar-refractivity contribution in [2.45, 2.75) is 18.8 Å². The highest BCUT2D eigenvalue weighted by atomic mass is 35.5. The lowest BCUT2D eigenvalue weighted by Gasteiger charge is -2.32. The van der Waals surface area contributed by atoms with Crippen LogP contribution in [-0.4, -0.2) is 67.4 Å². The second-order valence-corrected chi connectivity index (χ2v) is 6.05. The predicted octanol–water partition coefficient (Wildman–Crippen LogP) is 2.13. The number of amides is 1. The summed E-state index contributed by atoms with van der Waals surface area (Å²) in [5, 5.41) is 3.31. The Morgan fingerprint density at radius 1 is 1.12 bits per heavy atom. The van der Waals surface area contributed by atoms with Gasteiger partial charge in [-0.15, -0.1) is 25.6 Å². The first-order chi connectivity index (χ1) is 11.4. The number of piperazine rings is 1. The maximum atomic E-state index is 12.5. The Kier molecular flexibility index (Phi) is 6.53. The Bertz CT molecular complexity index is 577. The summed E-state index contributed by atoms with van der Waals surface area (Å²) >= 11 is 0. The molecule has 1 aromatic rings. The molecular weight excluding hydrogens is 359 g/mol. The van der Waals surface area contributed by atoms with Gasteiger partial charge in [0.15, 0.2) is 0 Å². The summed E-state index contributed by atoms with van der Waals surface area (Å²) in [6.07, 6.45) is -3.79. The van der Waals surface area contributed by atoms with Crippen LogP contribution in [0.15, 0.2) is 24.3 Å². The van der Waals surface area contributed by atoms with Crippen LogP contribution in [0.1, 0.15) is 16.8 Å². The molecule has 2 aliphatic rings. The second kappa shape index (κ2) is 8.25. The number of benzene rings is 1. The number of carbonyl (C=O) groups excluding carboxylic acids is 1. The Morgan fingerprint density at radius 3 is 2.36 bits per heavy atom. The number of carbonyl (C=O) groups is 1. The molecule has 2 heterocycles. The third-order valence-corrected chi connectivity index (χ3v) is 4.45. The summed E-state index contributed by atoms with van der Waals surface area (Å²) in [6, 6.07) is 5.46. The van der Waals surface area contributed by atoms with Crippen molar-refractivity contribution in [1.29, 1.82) is 0 Å². The minimum absolute atomic E-state index is 0. The van der Waals surface area contributed by atoms with E-state index in [1.807, 2.05) is 0 Å². The monoisotopic (exact) mass is 379 g/mol. The highest BCUT2D eigenvalue weighted by Crippen LogP contribution is 2.24. The van der Waals surface area contributed by atoms with Gasteiger partial charge in [-0.05, 0) is 30.7 Å². The fraction of sp³-hybridized carbons (Fsp3) is 0.562. The number of nitrogens with zero attached hydrogens (tertiary/aromatic N) is 2. The molecule has 1 atom stereocenters. The number of nitrogens with one attached hydrogen (secondary N) is 1. The van der Waals surface area contributed by atoms with Gasteiger partial charge >= 0.3 is 6.36 Å². The largest absolute Gasteiger partial charge is 0.573 e. The van der Waals surface area contributed by atoms with Crippen molar-refractivity contribution in [3.8, 4) is 5.75 Å². The molecule has 2 aliphatic heterocycles. The van der Waals surface area contributed by atoms with Gasteiger partial charge in [0.1, 0.15) is 5.75 Å². The molecule has 0 aromatic heterocycles. The van der Waals surface area contributed by atoms with Crippen molar-refractivity contribution < 1.29 is 22.7 Å². The second-order valence-electron chi connectivity index (χ2n) is 6.05. The van der Waals surface area contributed by atoms with Gasteiger partial charge in [-0.2, -0.15) is 0 Å². The third kappa shape index (κ3) is 5.23. The van der Waals surface area contributed by atoms with Gasteiger partial charge in [-0.3, -0.25) is 9.69 Å². The molecule has 0 aliphatic carbocycles. The van der Waals surface area contributed by atoms with E-state index in [9.17, 15) is 18.0 Å². The molecule has 0 saturated carbocycles. The number of ether oxygens (including phenoxy) is 1. The number of hydrogen-bond donors (Lipinski definition) is 1. The maximum Gasteiger partial charge on any atom is 0.573 e. The smallest absolute Gasteiger partial charge is 0.406 e. The molecule has 1 N–H and O–H groups in total. The van der Waals surface area contributed by atoms with E-state index < -0.39 is 6.36 Å². The van der Waals surface area contributed by atoms with Crippen LogP contribution < -0.4 is 10.1 Å². The fourth-order valence-electron chi connectivity index (χ4n) is 3.25. The number of halogens is 4. The van der Waals surface area contributed by atoms with Crippen LogP contribution in [0.3, 0.4) is 0 Å². The summed E-state index contributed by atoms with van der Waals surface area (Å²) in [4.78, 5) is 16.7. The van der Waals surface area contributed by atoms with Crippen molar-refractivity contribution in [2.75, 3.05) is 39.3 Å². The third-order valence-electron chi connectivity index (χ3n) is 4.45. The molecule has 1 amide bonds. The molecule has 9 heteroatoms. The molecule has 5 nitrogen and oxygen atoms in total. The highest BCUT2D eigenvalue weighted by Gasteiger charge is 2.32. The van der Waals surface area contributed by atoms with E-state index in [4.69, 9.17) is 0 Å². The average Bonchev–Trinajstić information content (AvgIpc) is 3.04. The topological polar surface area (TPSA) is 44.8 Å². The molecule has 140 valence electrons. The number of rotatable bonds is 3. The highest BCUT2D eigenvalue weighted by molar-refractivity contribution is 5.94.